The molecule has 0 aromatic rings. The lowest BCUT2D eigenvalue weighted by molar-refractivity contribution is -0.137. The van der Waals surface area contributed by atoms with E-state index in [0.717, 1.165) is 4.90 Å². The van der Waals surface area contributed by atoms with Gasteiger partial charge in [-0.25, -0.2) is 0 Å². The molecular weight excluding hydrogens is 834 g/mol. The third kappa shape index (κ3) is 37.7. The van der Waals surface area contributed by atoms with Crippen molar-refractivity contribution in [3.05, 3.63) is 12.2 Å². The van der Waals surface area contributed by atoms with E-state index in [0.29, 0.717) is 184 Å². The summed E-state index contributed by atoms with van der Waals surface area (Å²) in [6, 6.07) is 0. The Bertz CT molecular complexity index is 1180. The van der Waals surface area contributed by atoms with Gasteiger partial charge in [-0.15, -0.1) is 0 Å². The Morgan fingerprint density at radius 2 is 0.730 bits per heavy atom. The van der Waals surface area contributed by atoms with Gasteiger partial charge < -0.3 is 67.1 Å². The van der Waals surface area contributed by atoms with Crippen LogP contribution in [0.5, 0.6) is 0 Å². The van der Waals surface area contributed by atoms with Crippen molar-refractivity contribution in [2.24, 2.45) is 0 Å². The number of imide groups is 1. The highest BCUT2D eigenvalue weighted by Gasteiger charge is 2.23. The molecule has 0 saturated carbocycles. The number of rotatable bonds is 48. The molecule has 0 bridgehead atoms. The minimum absolute atomic E-state index is 0.0255. The average Bonchev–Trinajstić information content (AvgIpc) is 3.58. The summed E-state index contributed by atoms with van der Waals surface area (Å²) in [5.74, 6) is -1.02. The maximum atomic E-state index is 13.1. The summed E-state index contributed by atoms with van der Waals surface area (Å²) >= 11 is 0. The van der Waals surface area contributed by atoms with Gasteiger partial charge in [0.1, 0.15) is 11.6 Å². The van der Waals surface area contributed by atoms with E-state index in [1.54, 1.807) is 4.90 Å². The van der Waals surface area contributed by atoms with E-state index in [4.69, 9.17) is 56.8 Å². The summed E-state index contributed by atoms with van der Waals surface area (Å²) in [6.45, 7) is 13.0. The van der Waals surface area contributed by atoms with Crippen molar-refractivity contribution in [1.29, 1.82) is 0 Å². The summed E-state index contributed by atoms with van der Waals surface area (Å²) in [4.78, 5) is 72.5. The number of amides is 4. The Morgan fingerprint density at radius 3 is 1.08 bits per heavy atom. The fourth-order valence-electron chi connectivity index (χ4n) is 4.96. The molecule has 0 atom stereocenters. The Morgan fingerprint density at radius 1 is 0.429 bits per heavy atom. The second-order valence-corrected chi connectivity index (χ2v) is 13.6. The van der Waals surface area contributed by atoms with Crippen LogP contribution in [0.2, 0.25) is 0 Å². The SMILES string of the molecule is CC(=O)CCOCCOCCOCCOCCN(CCOCCOCCOCCOCCC(C)=O)C(=O)CCOCCOCCOCCOCCNC(=O)CCN1C(=O)C=CC1=O. The molecule has 0 radical (unpaired) electrons. The zero-order valence-electron chi connectivity index (χ0n) is 37.5. The summed E-state index contributed by atoms with van der Waals surface area (Å²) in [7, 11) is 0. The fraction of sp³-hybridized carbons (Fsp3) is 0.810. The molecule has 0 aliphatic carbocycles. The normalized spacial score (nSPS) is 12.4. The van der Waals surface area contributed by atoms with Crippen LogP contribution in [-0.2, 0) is 85.6 Å². The zero-order chi connectivity index (χ0) is 45.9. The smallest absolute Gasteiger partial charge is 0.253 e. The van der Waals surface area contributed by atoms with Crippen molar-refractivity contribution >= 4 is 35.2 Å². The Balaban J connectivity index is 2.13. The molecule has 4 amide bonds. The first-order chi connectivity index (χ1) is 30.7. The van der Waals surface area contributed by atoms with Gasteiger partial charge in [0.05, 0.1) is 165 Å². The van der Waals surface area contributed by atoms with Crippen LogP contribution in [0.4, 0.5) is 0 Å². The predicted octanol–water partition coefficient (Wildman–Crippen LogP) is -0.206. The van der Waals surface area contributed by atoms with Gasteiger partial charge >= 0.3 is 0 Å². The third-order valence-corrected chi connectivity index (χ3v) is 8.40. The van der Waals surface area contributed by atoms with E-state index in [9.17, 15) is 28.8 Å². The van der Waals surface area contributed by atoms with Crippen LogP contribution in [0.1, 0.15) is 39.5 Å². The molecule has 0 fully saturated rings. The molecule has 0 spiro atoms. The lowest BCUT2D eigenvalue weighted by Gasteiger charge is -2.23. The molecule has 1 N–H and O–H groups in total. The topological polar surface area (TPSA) is 232 Å². The maximum absolute atomic E-state index is 13.1. The second-order valence-electron chi connectivity index (χ2n) is 13.6. The quantitative estimate of drug-likeness (QED) is 0.0615. The zero-order valence-corrected chi connectivity index (χ0v) is 37.5. The number of nitrogens with one attached hydrogen (secondary N) is 1. The number of carbonyl (C=O) groups is 6. The van der Waals surface area contributed by atoms with Crippen molar-refractivity contribution in [2.45, 2.75) is 39.5 Å². The van der Waals surface area contributed by atoms with Crippen LogP contribution >= 0.6 is 0 Å². The molecule has 1 aliphatic rings. The summed E-state index contributed by atoms with van der Waals surface area (Å²) in [6.07, 6.45) is 3.37. The molecule has 1 aliphatic heterocycles. The van der Waals surface area contributed by atoms with Crippen LogP contribution in [0.15, 0.2) is 12.2 Å². The molecule has 0 aromatic heterocycles. The van der Waals surface area contributed by atoms with Crippen molar-refractivity contribution in [3.63, 3.8) is 0 Å². The van der Waals surface area contributed by atoms with Gasteiger partial charge in [-0.1, -0.05) is 0 Å². The number of hydrogen-bond donors (Lipinski definition) is 1. The fourth-order valence-corrected chi connectivity index (χ4v) is 4.96. The van der Waals surface area contributed by atoms with E-state index in [2.05, 4.69) is 5.32 Å². The number of ketones is 2. The number of ether oxygens (including phenoxy) is 12. The van der Waals surface area contributed by atoms with Crippen molar-refractivity contribution in [3.8, 4) is 0 Å². The van der Waals surface area contributed by atoms with E-state index >= 15 is 0 Å². The first-order valence-corrected chi connectivity index (χ1v) is 21.7. The van der Waals surface area contributed by atoms with Crippen LogP contribution in [-0.4, -0.2) is 230 Å². The average molecular weight is 908 g/mol. The minimum atomic E-state index is -0.415. The molecule has 1 rings (SSSR count). The summed E-state index contributed by atoms with van der Waals surface area (Å²) in [5, 5.41) is 2.67. The predicted molar refractivity (Wildman–Crippen MR) is 225 cm³/mol. The Kier molecular flexibility index (Phi) is 39.0. The highest BCUT2D eigenvalue weighted by atomic mass is 16.6. The van der Waals surface area contributed by atoms with E-state index in [-0.39, 0.29) is 49.4 Å². The molecule has 364 valence electrons. The number of Topliss-reactive ketones (excluding diaryl/α,β-unsaturated/α-hetero) is 2. The van der Waals surface area contributed by atoms with Crippen LogP contribution < -0.4 is 5.32 Å². The first-order valence-electron chi connectivity index (χ1n) is 21.7. The van der Waals surface area contributed by atoms with E-state index in [1.807, 2.05) is 0 Å². The van der Waals surface area contributed by atoms with Gasteiger partial charge in [0.25, 0.3) is 11.8 Å². The largest absolute Gasteiger partial charge is 0.379 e. The second kappa shape index (κ2) is 42.6. The summed E-state index contributed by atoms with van der Waals surface area (Å²) in [5.41, 5.74) is 0. The van der Waals surface area contributed by atoms with E-state index in [1.165, 1.54) is 26.0 Å². The number of hydrogen-bond acceptors (Lipinski definition) is 18. The third-order valence-electron chi connectivity index (χ3n) is 8.40. The van der Waals surface area contributed by atoms with Gasteiger partial charge in [0, 0.05) is 57.6 Å². The number of carbonyl (C=O) groups excluding carboxylic acids is 6. The maximum Gasteiger partial charge on any atom is 0.253 e. The highest BCUT2D eigenvalue weighted by Crippen LogP contribution is 2.04. The summed E-state index contributed by atoms with van der Waals surface area (Å²) < 4.78 is 66.0. The molecule has 63 heavy (non-hydrogen) atoms. The first kappa shape index (κ1) is 57.7. The Labute approximate surface area is 371 Å². The molecule has 21 heteroatoms. The van der Waals surface area contributed by atoms with E-state index < -0.39 is 11.8 Å². The molecule has 1 heterocycles. The lowest BCUT2D eigenvalue weighted by Crippen LogP contribution is -2.37. The highest BCUT2D eigenvalue weighted by molar-refractivity contribution is 6.13. The molecule has 0 aromatic carbocycles. The van der Waals surface area contributed by atoms with Crippen molar-refractivity contribution < 1.29 is 85.6 Å². The number of nitrogens with zero attached hydrogens (tertiary/aromatic N) is 2. The van der Waals surface area contributed by atoms with Gasteiger partial charge in [-0.3, -0.25) is 33.7 Å². The van der Waals surface area contributed by atoms with Crippen molar-refractivity contribution in [1.82, 2.24) is 15.1 Å². The Hall–Kier alpha value is -3.32. The lowest BCUT2D eigenvalue weighted by atomic mass is 10.3. The molecule has 0 unspecified atom stereocenters. The van der Waals surface area contributed by atoms with Crippen molar-refractivity contribution in [2.75, 3.05) is 185 Å². The van der Waals surface area contributed by atoms with Gasteiger partial charge in [-0.05, 0) is 13.8 Å². The van der Waals surface area contributed by atoms with Crippen LogP contribution in [0.3, 0.4) is 0 Å². The minimum Gasteiger partial charge on any atom is -0.379 e. The standard InChI is InChI=1S/C42H73N3O18/c1-37(46)6-13-52-19-25-58-32-35-62-29-23-56-17-11-44(12-18-57-24-30-63-36-33-59-26-20-53-14-7-38(2)47)40(49)8-15-54-21-27-60-31-34-61-28-22-55-16-9-43-39(48)5-10-45-41(50)3-4-42(45)51/h3-4H,5-36H2,1-2H3,(H,43,48). The van der Waals surface area contributed by atoms with Gasteiger partial charge in [0.15, 0.2) is 0 Å². The van der Waals surface area contributed by atoms with Crippen LogP contribution in [0, 0.1) is 0 Å². The monoisotopic (exact) mass is 907 g/mol. The van der Waals surface area contributed by atoms with Gasteiger partial charge in [-0.2, -0.15) is 0 Å². The molecular formula is C42H73N3O18. The molecule has 21 nitrogen and oxygen atoms in total. The van der Waals surface area contributed by atoms with Gasteiger partial charge in [0.2, 0.25) is 11.8 Å². The van der Waals surface area contributed by atoms with Crippen LogP contribution in [0.25, 0.3) is 0 Å². The molecule has 0 saturated heterocycles.